The van der Waals surface area contributed by atoms with Crippen molar-refractivity contribution in [3.05, 3.63) is 29.3 Å². The summed E-state index contributed by atoms with van der Waals surface area (Å²) in [7, 11) is 1.57. The number of benzene rings is 1. The zero-order valence-corrected chi connectivity index (χ0v) is 12.3. The van der Waals surface area contributed by atoms with E-state index in [0.717, 1.165) is 12.0 Å². The first-order valence-electron chi connectivity index (χ1n) is 6.74. The number of oxime groups is 1. The Balaban J connectivity index is 2.66. The van der Waals surface area contributed by atoms with Gasteiger partial charge in [-0.05, 0) is 24.6 Å². The second-order valence-corrected chi connectivity index (χ2v) is 4.47. The van der Waals surface area contributed by atoms with Crippen LogP contribution >= 0.6 is 0 Å². The Morgan fingerprint density at radius 1 is 1.48 bits per heavy atom. The SMILES string of the molecule is CCCNC(=O)CNCc1cc(/C(N)=N/O)ccc1OC. The van der Waals surface area contributed by atoms with Gasteiger partial charge in [0.2, 0.25) is 5.91 Å². The molecule has 21 heavy (non-hydrogen) atoms. The second kappa shape index (κ2) is 8.80. The van der Waals surface area contributed by atoms with E-state index in [1.807, 2.05) is 6.92 Å². The molecular formula is C14H22N4O3. The monoisotopic (exact) mass is 294 g/mol. The number of carbonyl (C=O) groups is 1. The molecule has 1 aromatic carbocycles. The molecule has 0 aliphatic rings. The number of methoxy groups -OCH3 is 1. The summed E-state index contributed by atoms with van der Waals surface area (Å²) < 4.78 is 5.25. The van der Waals surface area contributed by atoms with Crippen LogP contribution in [-0.2, 0) is 11.3 Å². The maximum absolute atomic E-state index is 11.5. The standard InChI is InChI=1S/C14H22N4O3/c1-3-6-17-13(19)9-16-8-11-7-10(14(15)18-20)4-5-12(11)21-2/h4-5,7,16,20H,3,6,8-9H2,1-2H3,(H2,15,18)(H,17,19). The first-order chi connectivity index (χ1) is 10.1. The van der Waals surface area contributed by atoms with Gasteiger partial charge in [-0.3, -0.25) is 4.79 Å². The van der Waals surface area contributed by atoms with Crippen molar-refractivity contribution < 1.29 is 14.7 Å². The molecule has 0 atom stereocenters. The van der Waals surface area contributed by atoms with Gasteiger partial charge in [-0.25, -0.2) is 0 Å². The highest BCUT2D eigenvalue weighted by Gasteiger charge is 2.08. The van der Waals surface area contributed by atoms with Crippen molar-refractivity contribution in [3.63, 3.8) is 0 Å². The summed E-state index contributed by atoms with van der Waals surface area (Å²) in [5.41, 5.74) is 6.97. The van der Waals surface area contributed by atoms with E-state index in [0.29, 0.717) is 24.4 Å². The Bertz CT molecular complexity index is 503. The molecule has 116 valence electrons. The van der Waals surface area contributed by atoms with E-state index in [-0.39, 0.29) is 18.3 Å². The van der Waals surface area contributed by atoms with Crippen LogP contribution < -0.4 is 21.1 Å². The van der Waals surface area contributed by atoms with Crippen LogP contribution in [0.4, 0.5) is 0 Å². The third kappa shape index (κ3) is 5.31. The molecule has 0 unspecified atom stereocenters. The molecule has 0 aliphatic heterocycles. The van der Waals surface area contributed by atoms with E-state index in [9.17, 15) is 4.79 Å². The molecule has 0 saturated carbocycles. The maximum Gasteiger partial charge on any atom is 0.233 e. The molecule has 0 aliphatic carbocycles. The molecule has 0 saturated heterocycles. The van der Waals surface area contributed by atoms with Crippen molar-refractivity contribution in [1.82, 2.24) is 10.6 Å². The Morgan fingerprint density at radius 2 is 2.24 bits per heavy atom. The van der Waals surface area contributed by atoms with Crippen LogP contribution in [-0.4, -0.2) is 37.1 Å². The summed E-state index contributed by atoms with van der Waals surface area (Å²) in [6, 6.07) is 5.19. The molecule has 0 radical (unpaired) electrons. The zero-order valence-electron chi connectivity index (χ0n) is 12.3. The normalized spacial score (nSPS) is 11.2. The zero-order chi connectivity index (χ0) is 15.7. The van der Waals surface area contributed by atoms with Crippen molar-refractivity contribution in [2.45, 2.75) is 19.9 Å². The minimum Gasteiger partial charge on any atom is -0.496 e. The Labute approximate surface area is 124 Å². The van der Waals surface area contributed by atoms with Gasteiger partial charge < -0.3 is 26.3 Å². The summed E-state index contributed by atoms with van der Waals surface area (Å²) in [6.45, 7) is 3.33. The van der Waals surface area contributed by atoms with Gasteiger partial charge in [0.1, 0.15) is 5.75 Å². The summed E-state index contributed by atoms with van der Waals surface area (Å²) in [5.74, 6) is 0.647. The first-order valence-corrected chi connectivity index (χ1v) is 6.74. The summed E-state index contributed by atoms with van der Waals surface area (Å²) in [5, 5.41) is 17.5. The van der Waals surface area contributed by atoms with Crippen LogP contribution in [0.15, 0.2) is 23.4 Å². The molecule has 0 fully saturated rings. The van der Waals surface area contributed by atoms with Crippen LogP contribution in [0.5, 0.6) is 5.75 Å². The van der Waals surface area contributed by atoms with E-state index in [4.69, 9.17) is 15.7 Å². The largest absolute Gasteiger partial charge is 0.496 e. The highest BCUT2D eigenvalue weighted by Crippen LogP contribution is 2.19. The lowest BCUT2D eigenvalue weighted by atomic mass is 10.1. The van der Waals surface area contributed by atoms with E-state index >= 15 is 0 Å². The lowest BCUT2D eigenvalue weighted by Crippen LogP contribution is -2.34. The molecule has 7 heteroatoms. The molecule has 0 spiro atoms. The molecule has 1 rings (SSSR count). The quantitative estimate of drug-likeness (QED) is 0.240. The highest BCUT2D eigenvalue weighted by molar-refractivity contribution is 5.97. The highest BCUT2D eigenvalue weighted by atomic mass is 16.5. The fourth-order valence-electron chi connectivity index (χ4n) is 1.77. The van der Waals surface area contributed by atoms with Crippen LogP contribution in [0.2, 0.25) is 0 Å². The molecule has 1 amide bonds. The third-order valence-corrected chi connectivity index (χ3v) is 2.86. The van der Waals surface area contributed by atoms with Crippen LogP contribution in [0.25, 0.3) is 0 Å². The van der Waals surface area contributed by atoms with Crippen molar-refractivity contribution >= 4 is 11.7 Å². The molecule has 0 heterocycles. The lowest BCUT2D eigenvalue weighted by molar-refractivity contribution is -0.120. The number of carbonyl (C=O) groups excluding carboxylic acids is 1. The van der Waals surface area contributed by atoms with Crippen molar-refractivity contribution in [3.8, 4) is 5.75 Å². The Morgan fingerprint density at radius 3 is 2.86 bits per heavy atom. The fraction of sp³-hybridized carbons (Fsp3) is 0.429. The molecule has 7 nitrogen and oxygen atoms in total. The van der Waals surface area contributed by atoms with E-state index < -0.39 is 0 Å². The summed E-state index contributed by atoms with van der Waals surface area (Å²) in [6.07, 6.45) is 0.904. The number of hydrogen-bond donors (Lipinski definition) is 4. The minimum atomic E-state index is -0.0524. The van der Waals surface area contributed by atoms with Crippen LogP contribution in [0.3, 0.4) is 0 Å². The maximum atomic E-state index is 11.5. The molecule has 0 bridgehead atoms. The summed E-state index contributed by atoms with van der Waals surface area (Å²) >= 11 is 0. The molecular weight excluding hydrogens is 272 g/mol. The minimum absolute atomic E-state index is 0.0274. The van der Waals surface area contributed by atoms with Gasteiger partial charge in [0, 0.05) is 24.2 Å². The molecule has 5 N–H and O–H groups in total. The number of hydrogen-bond acceptors (Lipinski definition) is 5. The average molecular weight is 294 g/mol. The van der Waals surface area contributed by atoms with Gasteiger partial charge >= 0.3 is 0 Å². The predicted molar refractivity (Wildman–Crippen MR) is 80.5 cm³/mol. The molecule has 1 aromatic rings. The number of amidine groups is 1. The predicted octanol–water partition coefficient (Wildman–Crippen LogP) is 0.406. The van der Waals surface area contributed by atoms with Gasteiger partial charge in [0.15, 0.2) is 5.84 Å². The van der Waals surface area contributed by atoms with Crippen molar-refractivity contribution in [2.24, 2.45) is 10.9 Å². The Kier molecular flexibility index (Phi) is 7.03. The number of nitrogens with two attached hydrogens (primary N) is 1. The van der Waals surface area contributed by atoms with E-state index in [1.165, 1.54) is 0 Å². The topological polar surface area (TPSA) is 109 Å². The van der Waals surface area contributed by atoms with Crippen LogP contribution in [0, 0.1) is 0 Å². The van der Waals surface area contributed by atoms with Gasteiger partial charge in [-0.1, -0.05) is 12.1 Å². The number of ether oxygens (including phenoxy) is 1. The first kappa shape index (κ1) is 16.8. The number of amides is 1. The fourth-order valence-corrected chi connectivity index (χ4v) is 1.77. The average Bonchev–Trinajstić information content (AvgIpc) is 2.51. The molecule has 0 aromatic heterocycles. The smallest absolute Gasteiger partial charge is 0.233 e. The van der Waals surface area contributed by atoms with E-state index in [1.54, 1.807) is 25.3 Å². The number of nitrogens with one attached hydrogen (secondary N) is 2. The van der Waals surface area contributed by atoms with Gasteiger partial charge in [0.05, 0.1) is 13.7 Å². The third-order valence-electron chi connectivity index (χ3n) is 2.86. The van der Waals surface area contributed by atoms with Crippen molar-refractivity contribution in [1.29, 1.82) is 0 Å². The van der Waals surface area contributed by atoms with E-state index in [2.05, 4.69) is 15.8 Å². The van der Waals surface area contributed by atoms with Crippen LogP contribution in [0.1, 0.15) is 24.5 Å². The number of nitrogens with zero attached hydrogens (tertiary/aromatic N) is 1. The summed E-state index contributed by atoms with van der Waals surface area (Å²) in [4.78, 5) is 11.5. The van der Waals surface area contributed by atoms with Gasteiger partial charge in [-0.2, -0.15) is 0 Å². The van der Waals surface area contributed by atoms with Crippen molar-refractivity contribution in [2.75, 3.05) is 20.2 Å². The lowest BCUT2D eigenvalue weighted by Gasteiger charge is -2.11. The van der Waals surface area contributed by atoms with Gasteiger partial charge in [0.25, 0.3) is 0 Å². The Hall–Kier alpha value is -2.28. The second-order valence-electron chi connectivity index (χ2n) is 4.47. The number of rotatable bonds is 8. The van der Waals surface area contributed by atoms with Gasteiger partial charge in [-0.15, -0.1) is 0 Å².